The molecule has 0 aromatic heterocycles. The standard InChI is InChI=1S/C61H96O22/c1-13-75-52(74)48-46(81-53-44(70)41(67)34(65)27-76-53)47(77-31(5)64)49(83-54-45(71)43(69)42(68)35(26-62)78-54)55(82-48)80-38-20-21-58(10)36(57(38,8)9)19-22-59(11)37(58)18-17-32-33-24-56(6,7)25-39(61(33,28-63)51(73)50(72)60(32,59)12)79-40(66)23-30(4)16-14-15-29(2)3/h15,17,23,33-39,41-51,53-55,62-63,65,67-73H,13-14,16,18-22,24-28H2,1-12H3/b30-23+/t33-,34-,35+,36-,37+,38-,39-,41-,42+,43-,44+,45+,46-,47-,48-,49+,50-,51+,53-,54-,55+,58-,59+,60-,61+/m0/s1. The number of fused-ring (bicyclic) bond motifs is 7. The van der Waals surface area contributed by atoms with E-state index in [-0.39, 0.29) is 23.9 Å². The van der Waals surface area contributed by atoms with Crippen molar-refractivity contribution in [2.75, 3.05) is 26.4 Å². The van der Waals surface area contributed by atoms with Gasteiger partial charge in [0.2, 0.25) is 0 Å². The molecule has 472 valence electrons. The van der Waals surface area contributed by atoms with Crippen LogP contribution < -0.4 is 0 Å². The predicted octanol–water partition coefficient (Wildman–Crippen LogP) is 2.55. The van der Waals surface area contributed by atoms with E-state index in [1.807, 2.05) is 20.8 Å². The van der Waals surface area contributed by atoms with Crippen molar-refractivity contribution in [2.24, 2.45) is 50.2 Å². The molecule has 8 aliphatic rings. The van der Waals surface area contributed by atoms with Gasteiger partial charge in [-0.1, -0.05) is 77.3 Å². The van der Waals surface area contributed by atoms with Crippen LogP contribution in [0.25, 0.3) is 0 Å². The molecule has 0 aromatic rings. The van der Waals surface area contributed by atoms with Crippen molar-refractivity contribution >= 4 is 17.9 Å². The molecule has 0 radical (unpaired) electrons. The number of hydrogen-bond acceptors (Lipinski definition) is 22. The van der Waals surface area contributed by atoms with E-state index in [1.165, 1.54) is 11.6 Å². The quantitative estimate of drug-likeness (QED) is 0.0349. The summed E-state index contributed by atoms with van der Waals surface area (Å²) in [6.45, 7) is 21.5. The van der Waals surface area contributed by atoms with Crippen LogP contribution in [0.3, 0.4) is 0 Å². The SMILES string of the molecule is CCOC(=O)[C@H]1O[C@@H](O[C@H]2CC[C@]3(C)[C@H]4CC=C5[C@@H]6CC(C)(C)C[C@H](OC(=O)/C=C(\C)CCC=C(C)C)[C@]6(CO)[C@H](O)[C@H](O)[C@@]5(C)[C@]4(C)CC[C@H]3C2(C)C)[C@H](O[C@@H]2O[C@H](CO)[C@@H](O)[C@H](O)[C@H]2O)[C@@H](OC(C)=O)[C@@H]1O[C@@H]1OC[C@H](O)[C@H](O)[C@H]1O. The Bertz CT molecular complexity index is 2420. The largest absolute Gasteiger partial charge is 0.464 e. The van der Waals surface area contributed by atoms with Gasteiger partial charge in [0.25, 0.3) is 0 Å². The first kappa shape index (κ1) is 66.0. The van der Waals surface area contributed by atoms with Crippen molar-refractivity contribution < 1.29 is 108 Å². The molecule has 3 aliphatic heterocycles. The second-order valence-electron chi connectivity index (χ2n) is 27.6. The monoisotopic (exact) mass is 1180 g/mol. The fourth-order valence-corrected chi connectivity index (χ4v) is 16.9. The highest BCUT2D eigenvalue weighted by Crippen LogP contribution is 2.76. The third-order valence-corrected chi connectivity index (χ3v) is 21.4. The summed E-state index contributed by atoms with van der Waals surface area (Å²) < 4.78 is 55.3. The van der Waals surface area contributed by atoms with E-state index in [0.29, 0.717) is 51.4 Å². The molecular weight excluding hydrogens is 1080 g/mol. The average Bonchev–Trinajstić information content (AvgIpc) is 0.761. The summed E-state index contributed by atoms with van der Waals surface area (Å²) in [7, 11) is 0. The van der Waals surface area contributed by atoms with Crippen molar-refractivity contribution in [3.63, 3.8) is 0 Å². The Balaban J connectivity index is 1.12. The van der Waals surface area contributed by atoms with Crippen molar-refractivity contribution in [3.05, 3.63) is 34.9 Å². The lowest BCUT2D eigenvalue weighted by molar-refractivity contribution is -0.388. The van der Waals surface area contributed by atoms with Gasteiger partial charge in [-0.25, -0.2) is 9.59 Å². The van der Waals surface area contributed by atoms with Gasteiger partial charge in [0.05, 0.1) is 50.2 Å². The van der Waals surface area contributed by atoms with E-state index in [4.69, 9.17) is 42.6 Å². The predicted molar refractivity (Wildman–Crippen MR) is 294 cm³/mol. The van der Waals surface area contributed by atoms with Gasteiger partial charge in [0, 0.05) is 18.4 Å². The highest BCUT2D eigenvalue weighted by Gasteiger charge is 2.75. The first-order chi connectivity index (χ1) is 38.8. The molecule has 22 heteroatoms. The van der Waals surface area contributed by atoms with Crippen molar-refractivity contribution in [3.8, 4) is 0 Å². The summed E-state index contributed by atoms with van der Waals surface area (Å²) in [5.74, 6) is -3.11. The Labute approximate surface area is 487 Å². The number of aliphatic hydroxyl groups is 10. The second-order valence-corrected chi connectivity index (χ2v) is 27.6. The van der Waals surface area contributed by atoms with E-state index in [1.54, 1.807) is 6.92 Å². The fraction of sp³-hybridized carbons (Fsp3) is 0.852. The molecule has 22 nitrogen and oxygen atoms in total. The van der Waals surface area contributed by atoms with Gasteiger partial charge in [-0.3, -0.25) is 4.79 Å². The van der Waals surface area contributed by atoms with Crippen LogP contribution in [0.5, 0.6) is 0 Å². The van der Waals surface area contributed by atoms with Crippen molar-refractivity contribution in [1.29, 1.82) is 0 Å². The molecule has 4 saturated carbocycles. The van der Waals surface area contributed by atoms with Crippen molar-refractivity contribution in [2.45, 2.75) is 251 Å². The second kappa shape index (κ2) is 24.9. The van der Waals surface area contributed by atoms with Gasteiger partial charge in [0.15, 0.2) is 37.2 Å². The minimum Gasteiger partial charge on any atom is -0.464 e. The third-order valence-electron chi connectivity index (χ3n) is 21.4. The zero-order valence-corrected chi connectivity index (χ0v) is 50.4. The van der Waals surface area contributed by atoms with Crippen LogP contribution in [0, 0.1) is 50.2 Å². The number of ether oxygens (including phenoxy) is 9. The molecule has 0 aromatic carbocycles. The number of carbonyl (C=O) groups excluding carboxylic acids is 3. The molecule has 83 heavy (non-hydrogen) atoms. The molecule has 0 unspecified atom stereocenters. The molecule has 8 rings (SSSR count). The van der Waals surface area contributed by atoms with Gasteiger partial charge in [-0.05, 0) is 125 Å². The fourth-order valence-electron chi connectivity index (χ4n) is 16.9. The summed E-state index contributed by atoms with van der Waals surface area (Å²) >= 11 is 0. The normalized spacial score (nSPS) is 46.6. The van der Waals surface area contributed by atoms with Crippen LogP contribution in [-0.4, -0.2) is 206 Å². The molecule has 0 spiro atoms. The number of allylic oxidation sites excluding steroid dienone is 4. The van der Waals surface area contributed by atoms with Gasteiger partial charge in [0.1, 0.15) is 54.9 Å². The van der Waals surface area contributed by atoms with Crippen LogP contribution in [0.15, 0.2) is 34.9 Å². The Kier molecular flexibility index (Phi) is 19.8. The molecule has 3 saturated heterocycles. The molecule has 0 bridgehead atoms. The lowest BCUT2D eigenvalue weighted by atomic mass is 9.32. The highest BCUT2D eigenvalue weighted by molar-refractivity contribution is 5.83. The molecule has 0 amide bonds. The van der Waals surface area contributed by atoms with Crippen LogP contribution >= 0.6 is 0 Å². The Morgan fingerprint density at radius 1 is 0.711 bits per heavy atom. The maximum atomic E-state index is 14.1. The van der Waals surface area contributed by atoms with E-state index in [9.17, 15) is 65.4 Å². The topological polar surface area (TPSA) is 337 Å². The van der Waals surface area contributed by atoms with Crippen molar-refractivity contribution in [1.82, 2.24) is 0 Å². The molecule has 5 aliphatic carbocycles. The molecular formula is C61H96O22. The first-order valence-corrected chi connectivity index (χ1v) is 29.9. The third kappa shape index (κ3) is 11.7. The van der Waals surface area contributed by atoms with Gasteiger partial charge in [-0.15, -0.1) is 0 Å². The average molecular weight is 1180 g/mol. The molecule has 25 atom stereocenters. The smallest absolute Gasteiger partial charge is 0.338 e. The maximum absolute atomic E-state index is 14.1. The summed E-state index contributed by atoms with van der Waals surface area (Å²) in [5, 5.41) is 112. The summed E-state index contributed by atoms with van der Waals surface area (Å²) in [6, 6.07) is 0. The van der Waals surface area contributed by atoms with Crippen LogP contribution in [0.2, 0.25) is 0 Å². The zero-order chi connectivity index (χ0) is 61.3. The number of aliphatic hydroxyl groups excluding tert-OH is 10. The summed E-state index contributed by atoms with van der Waals surface area (Å²) in [4.78, 5) is 41.1. The zero-order valence-electron chi connectivity index (χ0n) is 50.4. The molecule has 3 heterocycles. The molecule has 7 fully saturated rings. The summed E-state index contributed by atoms with van der Waals surface area (Å²) in [6.07, 6.45) is -18.2. The highest BCUT2D eigenvalue weighted by atomic mass is 16.8. The number of esters is 3. The number of carbonyl (C=O) groups is 3. The Hall–Kier alpha value is -3.01. The van der Waals surface area contributed by atoms with E-state index in [2.05, 4.69) is 60.6 Å². The maximum Gasteiger partial charge on any atom is 0.338 e. The van der Waals surface area contributed by atoms with Crippen LogP contribution in [0.4, 0.5) is 0 Å². The van der Waals surface area contributed by atoms with Gasteiger partial charge in [-0.2, -0.15) is 0 Å². The minimum atomic E-state index is -1.98. The van der Waals surface area contributed by atoms with E-state index >= 15 is 0 Å². The number of rotatable bonds is 16. The lowest BCUT2D eigenvalue weighted by Crippen LogP contribution is -2.74. The van der Waals surface area contributed by atoms with Gasteiger partial charge >= 0.3 is 17.9 Å². The number of hydrogen-bond donors (Lipinski definition) is 10. The lowest BCUT2D eigenvalue weighted by Gasteiger charge is -2.73. The Morgan fingerprint density at radius 2 is 1.39 bits per heavy atom. The van der Waals surface area contributed by atoms with E-state index in [0.717, 1.165) is 24.5 Å². The molecule has 10 N–H and O–H groups in total. The first-order valence-electron chi connectivity index (χ1n) is 29.9. The Morgan fingerprint density at radius 3 is 2.02 bits per heavy atom. The minimum absolute atomic E-state index is 0.0690. The summed E-state index contributed by atoms with van der Waals surface area (Å²) in [5.41, 5.74) is -1.59. The van der Waals surface area contributed by atoms with Gasteiger partial charge < -0.3 is 93.7 Å². The van der Waals surface area contributed by atoms with Crippen LogP contribution in [-0.2, 0) is 57.0 Å². The van der Waals surface area contributed by atoms with E-state index < -0.39 is 181 Å². The van der Waals surface area contributed by atoms with Crippen LogP contribution in [0.1, 0.15) is 141 Å².